The van der Waals surface area contributed by atoms with Crippen LogP contribution < -0.4 is 15.2 Å². The predicted molar refractivity (Wildman–Crippen MR) is 89.4 cm³/mol. The van der Waals surface area contributed by atoms with Crippen molar-refractivity contribution in [2.45, 2.75) is 20.1 Å². The number of anilines is 1. The molecule has 1 heterocycles. The Bertz CT molecular complexity index is 776. The number of fused-ring (bicyclic) bond motifs is 1. The first-order valence-corrected chi connectivity index (χ1v) is 7.36. The number of hydrogen-bond acceptors (Lipinski definition) is 3. The highest BCUT2D eigenvalue weighted by Gasteiger charge is 2.10. The molecule has 1 aromatic heterocycles. The number of hydrogen-bond donors (Lipinski definition) is 1. The lowest BCUT2D eigenvalue weighted by Gasteiger charge is -2.10. The van der Waals surface area contributed by atoms with Crippen molar-refractivity contribution in [3.63, 3.8) is 0 Å². The van der Waals surface area contributed by atoms with Gasteiger partial charge < -0.3 is 19.8 Å². The van der Waals surface area contributed by atoms with E-state index in [0.29, 0.717) is 6.61 Å². The highest BCUT2D eigenvalue weighted by Crippen LogP contribution is 2.26. The first kappa shape index (κ1) is 14.3. The lowest BCUT2D eigenvalue weighted by atomic mass is 10.2. The van der Waals surface area contributed by atoms with Crippen LogP contribution in [0, 0.1) is 0 Å². The van der Waals surface area contributed by atoms with E-state index in [1.165, 1.54) is 0 Å². The molecule has 0 atom stereocenters. The SMILES string of the molecule is CCn1c(COc2ccc(OC)cc2)cc2c(N)cccc21. The Morgan fingerprint density at radius 2 is 1.77 bits per heavy atom. The van der Waals surface area contributed by atoms with Gasteiger partial charge in [0.2, 0.25) is 0 Å². The van der Waals surface area contributed by atoms with Crippen molar-refractivity contribution in [3.8, 4) is 11.5 Å². The Labute approximate surface area is 130 Å². The number of nitrogens with zero attached hydrogens (tertiary/aromatic N) is 1. The van der Waals surface area contributed by atoms with Gasteiger partial charge in [0.05, 0.1) is 18.3 Å². The fourth-order valence-electron chi connectivity index (χ4n) is 2.68. The Balaban J connectivity index is 1.85. The summed E-state index contributed by atoms with van der Waals surface area (Å²) in [7, 11) is 1.65. The molecule has 0 saturated heterocycles. The number of methoxy groups -OCH3 is 1. The molecule has 4 heteroatoms. The summed E-state index contributed by atoms with van der Waals surface area (Å²) in [6.45, 7) is 3.52. The van der Waals surface area contributed by atoms with Gasteiger partial charge in [-0.1, -0.05) is 6.07 Å². The monoisotopic (exact) mass is 296 g/mol. The van der Waals surface area contributed by atoms with E-state index in [2.05, 4.69) is 23.6 Å². The molecule has 0 saturated carbocycles. The van der Waals surface area contributed by atoms with Crippen molar-refractivity contribution in [1.29, 1.82) is 0 Å². The van der Waals surface area contributed by atoms with E-state index in [0.717, 1.165) is 40.3 Å². The average molecular weight is 296 g/mol. The number of nitrogen functional groups attached to an aromatic ring is 1. The molecule has 0 aliphatic rings. The zero-order valence-electron chi connectivity index (χ0n) is 12.9. The van der Waals surface area contributed by atoms with Crippen LogP contribution in [0.25, 0.3) is 10.9 Å². The van der Waals surface area contributed by atoms with Crippen LogP contribution in [-0.2, 0) is 13.2 Å². The van der Waals surface area contributed by atoms with E-state index < -0.39 is 0 Å². The summed E-state index contributed by atoms with van der Waals surface area (Å²) in [6.07, 6.45) is 0. The minimum absolute atomic E-state index is 0.508. The third-order valence-corrected chi connectivity index (χ3v) is 3.83. The zero-order valence-corrected chi connectivity index (χ0v) is 12.9. The summed E-state index contributed by atoms with van der Waals surface area (Å²) in [5.74, 6) is 1.64. The molecule has 4 nitrogen and oxygen atoms in total. The molecule has 22 heavy (non-hydrogen) atoms. The highest BCUT2D eigenvalue weighted by atomic mass is 16.5. The van der Waals surface area contributed by atoms with Gasteiger partial charge in [0.15, 0.2) is 0 Å². The summed E-state index contributed by atoms with van der Waals surface area (Å²) in [4.78, 5) is 0. The van der Waals surface area contributed by atoms with E-state index >= 15 is 0 Å². The second kappa shape index (κ2) is 6.02. The van der Waals surface area contributed by atoms with Gasteiger partial charge in [-0.25, -0.2) is 0 Å². The summed E-state index contributed by atoms with van der Waals surface area (Å²) in [5.41, 5.74) is 9.13. The zero-order chi connectivity index (χ0) is 15.5. The standard InChI is InChI=1S/C18H20N2O2/c1-3-20-13(11-16-17(19)5-4-6-18(16)20)12-22-15-9-7-14(21-2)8-10-15/h4-11H,3,12,19H2,1-2H3. The topological polar surface area (TPSA) is 49.4 Å². The third-order valence-electron chi connectivity index (χ3n) is 3.83. The van der Waals surface area contributed by atoms with Gasteiger partial charge in [0.25, 0.3) is 0 Å². The normalized spacial score (nSPS) is 10.8. The summed E-state index contributed by atoms with van der Waals surface area (Å²) < 4.78 is 13.3. The minimum Gasteiger partial charge on any atom is -0.497 e. The second-order valence-corrected chi connectivity index (χ2v) is 5.12. The Hall–Kier alpha value is -2.62. The van der Waals surface area contributed by atoms with E-state index in [-0.39, 0.29) is 0 Å². The molecule has 0 aliphatic carbocycles. The molecular weight excluding hydrogens is 276 g/mol. The van der Waals surface area contributed by atoms with Crippen LogP contribution in [0.15, 0.2) is 48.5 Å². The lowest BCUT2D eigenvalue weighted by Crippen LogP contribution is -2.04. The van der Waals surface area contributed by atoms with Crippen molar-refractivity contribution in [2.24, 2.45) is 0 Å². The molecule has 0 bridgehead atoms. The molecule has 2 N–H and O–H groups in total. The van der Waals surface area contributed by atoms with Crippen molar-refractivity contribution >= 4 is 16.6 Å². The minimum atomic E-state index is 0.508. The van der Waals surface area contributed by atoms with Gasteiger partial charge in [-0.2, -0.15) is 0 Å². The van der Waals surface area contributed by atoms with E-state index in [1.54, 1.807) is 7.11 Å². The van der Waals surface area contributed by atoms with E-state index in [4.69, 9.17) is 15.2 Å². The quantitative estimate of drug-likeness (QED) is 0.728. The van der Waals surface area contributed by atoms with Gasteiger partial charge >= 0.3 is 0 Å². The Kier molecular flexibility index (Phi) is 3.92. The maximum absolute atomic E-state index is 6.06. The van der Waals surface area contributed by atoms with Crippen LogP contribution in [0.3, 0.4) is 0 Å². The molecule has 0 amide bonds. The molecule has 114 valence electrons. The molecule has 0 unspecified atom stereocenters. The van der Waals surface area contributed by atoms with Crippen LogP contribution in [0.4, 0.5) is 5.69 Å². The fraction of sp³-hybridized carbons (Fsp3) is 0.222. The van der Waals surface area contributed by atoms with Crippen molar-refractivity contribution < 1.29 is 9.47 Å². The largest absolute Gasteiger partial charge is 0.497 e. The van der Waals surface area contributed by atoms with Crippen LogP contribution in [0.2, 0.25) is 0 Å². The average Bonchev–Trinajstić information content (AvgIpc) is 2.92. The highest BCUT2D eigenvalue weighted by molar-refractivity contribution is 5.92. The first-order chi connectivity index (χ1) is 10.7. The van der Waals surface area contributed by atoms with Crippen molar-refractivity contribution in [1.82, 2.24) is 4.57 Å². The molecule has 3 aromatic rings. The van der Waals surface area contributed by atoms with Crippen LogP contribution in [-0.4, -0.2) is 11.7 Å². The lowest BCUT2D eigenvalue weighted by molar-refractivity contribution is 0.295. The maximum atomic E-state index is 6.06. The van der Waals surface area contributed by atoms with Gasteiger partial charge in [0, 0.05) is 17.6 Å². The third kappa shape index (κ3) is 2.60. The van der Waals surface area contributed by atoms with Crippen LogP contribution in [0.5, 0.6) is 11.5 Å². The Morgan fingerprint density at radius 3 is 2.45 bits per heavy atom. The second-order valence-electron chi connectivity index (χ2n) is 5.12. The molecule has 0 radical (unpaired) electrons. The Morgan fingerprint density at radius 1 is 1.05 bits per heavy atom. The maximum Gasteiger partial charge on any atom is 0.128 e. The molecule has 0 spiro atoms. The summed E-state index contributed by atoms with van der Waals surface area (Å²) >= 11 is 0. The number of benzene rings is 2. The summed E-state index contributed by atoms with van der Waals surface area (Å²) in [5, 5.41) is 1.08. The number of rotatable bonds is 5. The van der Waals surface area contributed by atoms with Gasteiger partial charge in [-0.05, 0) is 49.4 Å². The molecule has 3 rings (SSSR count). The van der Waals surface area contributed by atoms with Crippen LogP contribution in [0.1, 0.15) is 12.6 Å². The predicted octanol–water partition coefficient (Wildman–Crippen LogP) is 3.83. The van der Waals surface area contributed by atoms with E-state index in [9.17, 15) is 0 Å². The van der Waals surface area contributed by atoms with Crippen molar-refractivity contribution in [2.75, 3.05) is 12.8 Å². The molecule has 2 aromatic carbocycles. The first-order valence-electron chi connectivity index (χ1n) is 7.36. The fourth-order valence-corrected chi connectivity index (χ4v) is 2.68. The molecule has 0 aliphatic heterocycles. The number of ether oxygens (including phenoxy) is 2. The summed E-state index contributed by atoms with van der Waals surface area (Å²) in [6, 6.07) is 15.7. The van der Waals surface area contributed by atoms with Gasteiger partial charge in [-0.3, -0.25) is 0 Å². The van der Waals surface area contributed by atoms with Gasteiger partial charge in [-0.15, -0.1) is 0 Å². The van der Waals surface area contributed by atoms with Crippen LogP contribution >= 0.6 is 0 Å². The van der Waals surface area contributed by atoms with Gasteiger partial charge in [0.1, 0.15) is 18.1 Å². The number of nitrogens with two attached hydrogens (primary N) is 1. The smallest absolute Gasteiger partial charge is 0.128 e. The number of aromatic nitrogens is 1. The van der Waals surface area contributed by atoms with E-state index in [1.807, 2.05) is 36.4 Å². The molecular formula is C18H20N2O2. The number of aryl methyl sites for hydroxylation is 1. The molecule has 0 fully saturated rings. The van der Waals surface area contributed by atoms with Crippen molar-refractivity contribution in [3.05, 3.63) is 54.2 Å².